The molecule has 1 amide bonds. The predicted octanol–water partition coefficient (Wildman–Crippen LogP) is 15.6. The molecule has 0 aliphatic carbocycles. The Labute approximate surface area is 357 Å². The molecule has 0 bridgehead atoms. The van der Waals surface area contributed by atoms with Crippen molar-refractivity contribution in [2.24, 2.45) is 0 Å². The summed E-state index contributed by atoms with van der Waals surface area (Å²) in [5, 5.41) is 33.7. The lowest BCUT2D eigenvalue weighted by atomic mass is 9.99. The fourth-order valence-electron chi connectivity index (χ4n) is 8.34. The van der Waals surface area contributed by atoms with Crippen LogP contribution in [0, 0.1) is 0 Å². The topological polar surface area (TPSA) is 89.8 Å². The van der Waals surface area contributed by atoms with Crippen LogP contribution in [0.3, 0.4) is 0 Å². The second-order valence-electron chi connectivity index (χ2n) is 18.1. The van der Waals surface area contributed by atoms with E-state index in [0.29, 0.717) is 12.8 Å². The molecule has 0 fully saturated rings. The first-order chi connectivity index (χ1) is 28.1. The number of hydrogen-bond donors (Lipinski definition) is 4. The van der Waals surface area contributed by atoms with Crippen LogP contribution in [-0.4, -0.2) is 46.1 Å². The molecule has 0 saturated carbocycles. The molecule has 5 nitrogen and oxygen atoms in total. The van der Waals surface area contributed by atoms with Crippen LogP contribution in [0.25, 0.3) is 0 Å². The highest BCUT2D eigenvalue weighted by molar-refractivity contribution is 5.76. The first-order valence-corrected chi connectivity index (χ1v) is 26.0. The lowest BCUT2D eigenvalue weighted by molar-refractivity contribution is -0.124. The summed E-state index contributed by atoms with van der Waals surface area (Å²) < 4.78 is 0. The molecule has 5 heteroatoms. The Morgan fingerprint density at radius 3 is 1.02 bits per heavy atom. The van der Waals surface area contributed by atoms with Crippen LogP contribution < -0.4 is 5.32 Å². The van der Waals surface area contributed by atoms with Crippen LogP contribution in [0.2, 0.25) is 0 Å². The number of unbranched alkanes of at least 4 members (excludes halogenated alkanes) is 38. The van der Waals surface area contributed by atoms with Crippen molar-refractivity contribution in [3.63, 3.8) is 0 Å². The molecule has 0 saturated heterocycles. The number of rotatable bonds is 48. The largest absolute Gasteiger partial charge is 0.394 e. The van der Waals surface area contributed by atoms with E-state index in [1.54, 1.807) is 0 Å². The van der Waals surface area contributed by atoms with Gasteiger partial charge in [0.05, 0.1) is 18.8 Å². The zero-order chi connectivity index (χ0) is 41.5. The summed E-state index contributed by atoms with van der Waals surface area (Å²) >= 11 is 0. The minimum absolute atomic E-state index is 0.141. The zero-order valence-electron chi connectivity index (χ0n) is 38.7. The number of nitrogens with one attached hydrogen (secondary N) is 1. The number of aliphatic hydroxyl groups is 3. The smallest absolute Gasteiger partial charge is 0.220 e. The molecule has 340 valence electrons. The monoisotopic (exact) mass is 806 g/mol. The summed E-state index contributed by atoms with van der Waals surface area (Å²) in [6, 6.07) is -0.807. The van der Waals surface area contributed by atoms with Crippen LogP contribution in [0.1, 0.15) is 290 Å². The van der Waals surface area contributed by atoms with E-state index >= 15 is 0 Å². The van der Waals surface area contributed by atoms with Crippen molar-refractivity contribution in [1.82, 2.24) is 5.32 Å². The lowest BCUT2D eigenvalue weighted by Gasteiger charge is -2.26. The first kappa shape index (κ1) is 56.1. The van der Waals surface area contributed by atoms with Crippen LogP contribution in [0.5, 0.6) is 0 Å². The van der Waals surface area contributed by atoms with Crippen molar-refractivity contribution in [2.45, 2.75) is 308 Å². The molecule has 0 heterocycles. The summed E-state index contributed by atoms with van der Waals surface area (Å²) in [6.07, 6.45) is 57.7. The highest BCUT2D eigenvalue weighted by Crippen LogP contribution is 2.17. The van der Waals surface area contributed by atoms with Crippen LogP contribution >= 0.6 is 0 Å². The normalized spacial score (nSPS) is 13.4. The second kappa shape index (κ2) is 47.8. The maximum Gasteiger partial charge on any atom is 0.220 e. The Hall–Kier alpha value is -0.910. The Morgan fingerprint density at radius 2 is 0.702 bits per heavy atom. The van der Waals surface area contributed by atoms with Gasteiger partial charge in [-0.3, -0.25) is 4.79 Å². The first-order valence-electron chi connectivity index (χ1n) is 26.0. The molecule has 0 rings (SSSR count). The molecule has 0 radical (unpaired) electrons. The Balaban J connectivity index is 3.53. The van der Waals surface area contributed by atoms with E-state index in [0.717, 1.165) is 32.1 Å². The third-order valence-corrected chi connectivity index (χ3v) is 12.4. The van der Waals surface area contributed by atoms with Crippen molar-refractivity contribution in [3.8, 4) is 0 Å². The van der Waals surface area contributed by atoms with Gasteiger partial charge < -0.3 is 20.6 Å². The summed E-state index contributed by atoms with van der Waals surface area (Å²) in [7, 11) is 0. The van der Waals surface area contributed by atoms with Gasteiger partial charge in [-0.1, -0.05) is 257 Å². The molecule has 3 atom stereocenters. The number of carbonyl (C=O) groups is 1. The lowest BCUT2D eigenvalue weighted by Crippen LogP contribution is -2.50. The minimum atomic E-state index is -1.13. The van der Waals surface area contributed by atoms with Crippen LogP contribution in [0.15, 0.2) is 12.2 Å². The summed E-state index contributed by atoms with van der Waals surface area (Å²) in [5.41, 5.74) is 0. The van der Waals surface area contributed by atoms with Gasteiger partial charge in [0.2, 0.25) is 5.91 Å². The maximum absolute atomic E-state index is 12.5. The SMILES string of the molecule is CCCCCCCCCCCCCC/C=C\CCCCCCCCCCCCCC(=O)NC(CO)C(O)C(O)CCCCCCCCCCCCCCCCCC. The highest BCUT2D eigenvalue weighted by atomic mass is 16.3. The van der Waals surface area contributed by atoms with Gasteiger partial charge in [-0.25, -0.2) is 0 Å². The maximum atomic E-state index is 12.5. The van der Waals surface area contributed by atoms with Crippen molar-refractivity contribution >= 4 is 5.91 Å². The summed E-state index contributed by atoms with van der Waals surface area (Å²) in [6.45, 7) is 4.21. The van der Waals surface area contributed by atoms with Crippen LogP contribution in [0.4, 0.5) is 0 Å². The second-order valence-corrected chi connectivity index (χ2v) is 18.1. The van der Waals surface area contributed by atoms with Gasteiger partial charge in [-0.2, -0.15) is 0 Å². The fraction of sp³-hybridized carbons (Fsp3) is 0.942. The molecule has 0 aromatic carbocycles. The predicted molar refractivity (Wildman–Crippen MR) is 250 cm³/mol. The molecule has 0 spiro atoms. The number of carbonyl (C=O) groups excluding carboxylic acids is 1. The molecule has 3 unspecified atom stereocenters. The van der Waals surface area contributed by atoms with Gasteiger partial charge in [-0.05, 0) is 38.5 Å². The zero-order valence-corrected chi connectivity index (χ0v) is 38.7. The average Bonchev–Trinajstić information content (AvgIpc) is 3.22. The van der Waals surface area contributed by atoms with Crippen molar-refractivity contribution in [3.05, 3.63) is 12.2 Å². The molecular weight excluding hydrogens is 703 g/mol. The van der Waals surface area contributed by atoms with Crippen molar-refractivity contribution in [1.29, 1.82) is 0 Å². The number of allylic oxidation sites excluding steroid dienone is 2. The van der Waals surface area contributed by atoms with E-state index in [-0.39, 0.29) is 12.5 Å². The van der Waals surface area contributed by atoms with E-state index in [4.69, 9.17) is 0 Å². The third-order valence-electron chi connectivity index (χ3n) is 12.4. The van der Waals surface area contributed by atoms with Gasteiger partial charge in [-0.15, -0.1) is 0 Å². The quantitative estimate of drug-likeness (QED) is 0.0364. The molecule has 0 aromatic heterocycles. The molecule has 0 aliphatic heterocycles. The van der Waals surface area contributed by atoms with Gasteiger partial charge in [0.15, 0.2) is 0 Å². The van der Waals surface area contributed by atoms with Crippen LogP contribution in [-0.2, 0) is 4.79 Å². The molecule has 0 aliphatic rings. The molecular formula is C52H103NO4. The average molecular weight is 806 g/mol. The standard InChI is InChI=1S/C52H103NO4/c1-3-5-7-9-11-13-15-17-19-21-22-23-24-25-26-27-28-29-30-31-33-35-37-39-41-43-45-47-51(56)53-49(48-54)52(57)50(55)46-44-42-40-38-36-34-32-20-18-16-14-12-10-8-6-4-2/h25-26,49-50,52,54-55,57H,3-24,27-48H2,1-2H3,(H,53,56)/b26-25-. The van der Waals surface area contributed by atoms with E-state index in [1.165, 1.54) is 231 Å². The van der Waals surface area contributed by atoms with E-state index < -0.39 is 18.2 Å². The van der Waals surface area contributed by atoms with Gasteiger partial charge in [0, 0.05) is 6.42 Å². The Bertz CT molecular complexity index is 803. The van der Waals surface area contributed by atoms with Gasteiger partial charge in [0.25, 0.3) is 0 Å². The Kier molecular flexibility index (Phi) is 47.0. The Morgan fingerprint density at radius 1 is 0.421 bits per heavy atom. The van der Waals surface area contributed by atoms with Gasteiger partial charge >= 0.3 is 0 Å². The minimum Gasteiger partial charge on any atom is -0.394 e. The fourth-order valence-corrected chi connectivity index (χ4v) is 8.34. The number of aliphatic hydroxyl groups excluding tert-OH is 3. The number of amides is 1. The number of hydrogen-bond acceptors (Lipinski definition) is 4. The molecule has 4 N–H and O–H groups in total. The van der Waals surface area contributed by atoms with E-state index in [9.17, 15) is 20.1 Å². The van der Waals surface area contributed by atoms with E-state index in [1.807, 2.05) is 0 Å². The van der Waals surface area contributed by atoms with Crippen molar-refractivity contribution < 1.29 is 20.1 Å². The van der Waals surface area contributed by atoms with E-state index in [2.05, 4.69) is 31.3 Å². The summed E-state index contributed by atoms with van der Waals surface area (Å²) in [5.74, 6) is -0.141. The molecule has 0 aromatic rings. The van der Waals surface area contributed by atoms with Crippen molar-refractivity contribution in [2.75, 3.05) is 6.61 Å². The summed E-state index contributed by atoms with van der Waals surface area (Å²) in [4.78, 5) is 12.5. The highest BCUT2D eigenvalue weighted by Gasteiger charge is 2.26. The third kappa shape index (κ3) is 43.0. The molecule has 57 heavy (non-hydrogen) atoms. The van der Waals surface area contributed by atoms with Gasteiger partial charge in [0.1, 0.15) is 6.10 Å².